The topological polar surface area (TPSA) is 12.0 Å². The van der Waals surface area contributed by atoms with Crippen LogP contribution in [-0.2, 0) is 6.42 Å². The predicted molar refractivity (Wildman–Crippen MR) is 89.5 cm³/mol. The highest BCUT2D eigenvalue weighted by molar-refractivity contribution is 7.17. The van der Waals surface area contributed by atoms with Gasteiger partial charge in [0, 0.05) is 10.7 Å². The third-order valence-corrected chi connectivity index (χ3v) is 5.94. The van der Waals surface area contributed by atoms with E-state index in [1.165, 1.54) is 42.3 Å². The minimum Gasteiger partial charge on any atom is -0.314 e. The van der Waals surface area contributed by atoms with Crippen LogP contribution in [0.2, 0.25) is 0 Å². The van der Waals surface area contributed by atoms with E-state index in [1.807, 2.05) is 11.3 Å². The molecule has 1 fully saturated rings. The maximum absolute atomic E-state index is 3.73. The van der Waals surface area contributed by atoms with Crippen LogP contribution >= 0.6 is 11.3 Å². The van der Waals surface area contributed by atoms with Gasteiger partial charge in [-0.2, -0.15) is 0 Å². The van der Waals surface area contributed by atoms with Crippen LogP contribution in [0.15, 0.2) is 29.6 Å². The van der Waals surface area contributed by atoms with Crippen molar-refractivity contribution in [2.45, 2.75) is 45.6 Å². The fraction of sp³-hybridized carbons (Fsp3) is 0.556. The van der Waals surface area contributed by atoms with Gasteiger partial charge in [-0.25, -0.2) is 0 Å². The zero-order valence-electron chi connectivity index (χ0n) is 12.6. The van der Waals surface area contributed by atoms with Gasteiger partial charge in [-0.15, -0.1) is 11.3 Å². The fourth-order valence-corrected chi connectivity index (χ4v) is 4.60. The van der Waals surface area contributed by atoms with E-state index in [0.29, 0.717) is 0 Å². The molecule has 1 aliphatic carbocycles. The van der Waals surface area contributed by atoms with E-state index in [0.717, 1.165) is 17.9 Å². The number of benzene rings is 1. The van der Waals surface area contributed by atoms with E-state index < -0.39 is 0 Å². The molecule has 0 aliphatic heterocycles. The summed E-state index contributed by atoms with van der Waals surface area (Å²) < 4.78 is 1.44. The van der Waals surface area contributed by atoms with Crippen LogP contribution in [0.25, 0.3) is 10.1 Å². The Kier molecular flexibility index (Phi) is 4.42. The van der Waals surface area contributed by atoms with Gasteiger partial charge in [-0.3, -0.25) is 0 Å². The summed E-state index contributed by atoms with van der Waals surface area (Å²) in [6.45, 7) is 5.87. The number of rotatable bonds is 5. The van der Waals surface area contributed by atoms with Gasteiger partial charge in [0.1, 0.15) is 0 Å². The lowest BCUT2D eigenvalue weighted by Crippen LogP contribution is -2.33. The average molecular weight is 287 g/mol. The minimum absolute atomic E-state index is 0.741. The van der Waals surface area contributed by atoms with Crippen molar-refractivity contribution in [3.8, 4) is 0 Å². The SMILES string of the molecule is CCCNC1CCC(Cc2csc3ccccc23)C1C. The average Bonchev–Trinajstić information content (AvgIpc) is 3.03. The van der Waals surface area contributed by atoms with E-state index in [-0.39, 0.29) is 0 Å². The highest BCUT2D eigenvalue weighted by Crippen LogP contribution is 2.37. The molecule has 3 rings (SSSR count). The highest BCUT2D eigenvalue weighted by Gasteiger charge is 2.32. The highest BCUT2D eigenvalue weighted by atomic mass is 32.1. The number of nitrogens with one attached hydrogen (secondary N) is 1. The smallest absolute Gasteiger partial charge is 0.0345 e. The number of thiophene rings is 1. The van der Waals surface area contributed by atoms with Gasteiger partial charge in [0.05, 0.1) is 0 Å². The lowest BCUT2D eigenvalue weighted by atomic mass is 9.89. The molecular formula is C18H25NS. The van der Waals surface area contributed by atoms with Crippen molar-refractivity contribution in [3.63, 3.8) is 0 Å². The largest absolute Gasteiger partial charge is 0.314 e. The van der Waals surface area contributed by atoms with E-state index in [9.17, 15) is 0 Å². The van der Waals surface area contributed by atoms with Gasteiger partial charge < -0.3 is 5.32 Å². The molecule has 3 atom stereocenters. The molecule has 0 bridgehead atoms. The Morgan fingerprint density at radius 2 is 2.10 bits per heavy atom. The molecule has 20 heavy (non-hydrogen) atoms. The third-order valence-electron chi connectivity index (χ3n) is 4.93. The molecule has 1 aromatic heterocycles. The van der Waals surface area contributed by atoms with Crippen molar-refractivity contribution < 1.29 is 0 Å². The number of fused-ring (bicyclic) bond motifs is 1. The Labute approximate surface area is 126 Å². The van der Waals surface area contributed by atoms with Gasteiger partial charge in [-0.1, -0.05) is 32.0 Å². The van der Waals surface area contributed by atoms with Crippen molar-refractivity contribution in [1.82, 2.24) is 5.32 Å². The summed E-state index contributed by atoms with van der Waals surface area (Å²) in [6.07, 6.45) is 5.24. The van der Waals surface area contributed by atoms with Crippen molar-refractivity contribution >= 4 is 21.4 Å². The summed E-state index contributed by atoms with van der Waals surface area (Å²) in [7, 11) is 0. The first kappa shape index (κ1) is 14.1. The van der Waals surface area contributed by atoms with Gasteiger partial charge in [0.15, 0.2) is 0 Å². The number of hydrogen-bond donors (Lipinski definition) is 1. The van der Waals surface area contributed by atoms with Crippen LogP contribution in [0, 0.1) is 11.8 Å². The van der Waals surface area contributed by atoms with Gasteiger partial charge in [0.25, 0.3) is 0 Å². The standard InChI is InChI=1S/C18H25NS/c1-3-10-19-17-9-8-14(13(17)2)11-15-12-20-18-7-5-4-6-16(15)18/h4-7,12-14,17,19H,3,8-11H2,1-2H3. The maximum atomic E-state index is 3.73. The maximum Gasteiger partial charge on any atom is 0.0345 e. The summed E-state index contributed by atoms with van der Waals surface area (Å²) in [5, 5.41) is 7.59. The second-order valence-corrected chi connectivity index (χ2v) is 7.13. The lowest BCUT2D eigenvalue weighted by molar-refractivity contribution is 0.352. The summed E-state index contributed by atoms with van der Waals surface area (Å²) in [4.78, 5) is 0. The molecule has 0 saturated heterocycles. The lowest BCUT2D eigenvalue weighted by Gasteiger charge is -2.21. The van der Waals surface area contributed by atoms with Crippen molar-refractivity contribution in [1.29, 1.82) is 0 Å². The Hall–Kier alpha value is -0.860. The summed E-state index contributed by atoms with van der Waals surface area (Å²) in [6, 6.07) is 9.58. The number of hydrogen-bond acceptors (Lipinski definition) is 2. The van der Waals surface area contributed by atoms with E-state index >= 15 is 0 Å². The summed E-state index contributed by atoms with van der Waals surface area (Å²) >= 11 is 1.90. The van der Waals surface area contributed by atoms with Crippen molar-refractivity contribution in [3.05, 3.63) is 35.2 Å². The van der Waals surface area contributed by atoms with Crippen LogP contribution in [-0.4, -0.2) is 12.6 Å². The van der Waals surface area contributed by atoms with Gasteiger partial charge in [0.2, 0.25) is 0 Å². The second kappa shape index (κ2) is 6.28. The molecule has 3 unspecified atom stereocenters. The quantitative estimate of drug-likeness (QED) is 0.828. The molecule has 1 nitrogen and oxygen atoms in total. The first-order valence-corrected chi connectivity index (χ1v) is 8.86. The van der Waals surface area contributed by atoms with Crippen LogP contribution in [0.4, 0.5) is 0 Å². The minimum atomic E-state index is 0.741. The first-order chi connectivity index (χ1) is 9.79. The molecule has 108 valence electrons. The van der Waals surface area contributed by atoms with Crippen LogP contribution < -0.4 is 5.32 Å². The second-order valence-electron chi connectivity index (χ2n) is 6.22. The zero-order valence-corrected chi connectivity index (χ0v) is 13.4. The van der Waals surface area contributed by atoms with E-state index in [2.05, 4.69) is 48.8 Å². The molecule has 1 aliphatic rings. The molecule has 1 N–H and O–H groups in total. The summed E-state index contributed by atoms with van der Waals surface area (Å²) in [5.41, 5.74) is 1.57. The molecule has 0 spiro atoms. The third kappa shape index (κ3) is 2.77. The normalized spacial score (nSPS) is 26.4. The van der Waals surface area contributed by atoms with E-state index in [1.54, 1.807) is 5.56 Å². The van der Waals surface area contributed by atoms with Crippen LogP contribution in [0.1, 0.15) is 38.7 Å². The summed E-state index contributed by atoms with van der Waals surface area (Å²) in [5.74, 6) is 1.66. The van der Waals surface area contributed by atoms with Gasteiger partial charge >= 0.3 is 0 Å². The van der Waals surface area contributed by atoms with Crippen molar-refractivity contribution in [2.24, 2.45) is 11.8 Å². The molecular weight excluding hydrogens is 262 g/mol. The van der Waals surface area contributed by atoms with Gasteiger partial charge in [-0.05, 0) is 66.5 Å². The van der Waals surface area contributed by atoms with Crippen LogP contribution in [0.5, 0.6) is 0 Å². The fourth-order valence-electron chi connectivity index (χ4n) is 3.63. The molecule has 1 heterocycles. The molecule has 0 amide bonds. The molecule has 1 saturated carbocycles. The Morgan fingerprint density at radius 1 is 1.25 bits per heavy atom. The molecule has 0 radical (unpaired) electrons. The Balaban J connectivity index is 1.69. The zero-order chi connectivity index (χ0) is 13.9. The van der Waals surface area contributed by atoms with E-state index in [4.69, 9.17) is 0 Å². The molecule has 2 aromatic rings. The predicted octanol–water partition coefficient (Wildman–Crippen LogP) is 4.86. The van der Waals surface area contributed by atoms with Crippen molar-refractivity contribution in [2.75, 3.05) is 6.54 Å². The Morgan fingerprint density at radius 3 is 2.95 bits per heavy atom. The molecule has 1 aromatic carbocycles. The first-order valence-electron chi connectivity index (χ1n) is 7.98. The monoisotopic (exact) mass is 287 g/mol. The van der Waals surface area contributed by atoms with Crippen LogP contribution in [0.3, 0.4) is 0 Å². The Bertz CT molecular complexity index is 559. The molecule has 2 heteroatoms.